The van der Waals surface area contributed by atoms with Crippen molar-refractivity contribution < 1.29 is 18.7 Å². The summed E-state index contributed by atoms with van der Waals surface area (Å²) in [5, 5.41) is 16.6. The lowest BCUT2D eigenvalue weighted by molar-refractivity contribution is -0.113. The molecule has 160 valence electrons. The van der Waals surface area contributed by atoms with E-state index in [0.29, 0.717) is 30.3 Å². The van der Waals surface area contributed by atoms with Gasteiger partial charge in [-0.1, -0.05) is 0 Å². The molecule has 4 rings (SSSR count). The molecule has 10 heteroatoms. The molecular formula is C21H21FN6O3. The zero-order valence-corrected chi connectivity index (χ0v) is 16.9. The summed E-state index contributed by atoms with van der Waals surface area (Å²) in [6.45, 7) is 3.13. The first-order valence-electron chi connectivity index (χ1n) is 9.75. The lowest BCUT2D eigenvalue weighted by Crippen LogP contribution is -2.15. The number of nitrogens with two attached hydrogens (primary N) is 1. The van der Waals surface area contributed by atoms with Gasteiger partial charge in [-0.3, -0.25) is 4.79 Å². The van der Waals surface area contributed by atoms with Gasteiger partial charge in [0.15, 0.2) is 17.4 Å². The number of halogens is 1. The van der Waals surface area contributed by atoms with Crippen molar-refractivity contribution >= 4 is 11.5 Å². The van der Waals surface area contributed by atoms with Gasteiger partial charge in [0.25, 0.3) is 0 Å². The molecule has 0 atom stereocenters. The van der Waals surface area contributed by atoms with E-state index in [2.05, 4.69) is 20.4 Å². The highest BCUT2D eigenvalue weighted by atomic mass is 19.1. The van der Waals surface area contributed by atoms with Gasteiger partial charge in [0.1, 0.15) is 24.7 Å². The largest absolute Gasteiger partial charge is 0.472 e. The van der Waals surface area contributed by atoms with E-state index in [1.165, 1.54) is 31.2 Å². The van der Waals surface area contributed by atoms with E-state index in [4.69, 9.17) is 15.2 Å². The third-order valence-electron chi connectivity index (χ3n) is 4.87. The SMILES string of the molecule is CC(=O)/C(COc1ccc(-c2nnc3n2CCCOC3)nn1)=C(\N)c1ccc(F)cc1. The third-order valence-corrected chi connectivity index (χ3v) is 4.87. The molecule has 0 radical (unpaired) electrons. The van der Waals surface area contributed by atoms with Crippen LogP contribution in [0.5, 0.6) is 5.88 Å². The summed E-state index contributed by atoms with van der Waals surface area (Å²) in [6.07, 6.45) is 0.863. The molecular weight excluding hydrogens is 403 g/mol. The van der Waals surface area contributed by atoms with Gasteiger partial charge in [-0.25, -0.2) is 4.39 Å². The molecule has 1 aliphatic rings. The lowest BCUT2D eigenvalue weighted by atomic mass is 10.0. The summed E-state index contributed by atoms with van der Waals surface area (Å²) in [7, 11) is 0. The fraction of sp³-hybridized carbons (Fsp3) is 0.286. The smallest absolute Gasteiger partial charge is 0.233 e. The van der Waals surface area contributed by atoms with Crippen LogP contribution in [0, 0.1) is 5.82 Å². The summed E-state index contributed by atoms with van der Waals surface area (Å²) < 4.78 is 26.2. The minimum absolute atomic E-state index is 0.0930. The van der Waals surface area contributed by atoms with Crippen LogP contribution in [0.3, 0.4) is 0 Å². The van der Waals surface area contributed by atoms with E-state index >= 15 is 0 Å². The van der Waals surface area contributed by atoms with Crippen LogP contribution >= 0.6 is 0 Å². The molecule has 0 amide bonds. The van der Waals surface area contributed by atoms with E-state index in [0.717, 1.165) is 18.8 Å². The van der Waals surface area contributed by atoms with Crippen LogP contribution in [0.25, 0.3) is 17.2 Å². The summed E-state index contributed by atoms with van der Waals surface area (Å²) >= 11 is 0. The van der Waals surface area contributed by atoms with Crippen LogP contribution < -0.4 is 10.5 Å². The van der Waals surface area contributed by atoms with E-state index in [1.807, 2.05) is 4.57 Å². The molecule has 0 saturated carbocycles. The van der Waals surface area contributed by atoms with Crippen molar-refractivity contribution in [3.8, 4) is 17.4 Å². The van der Waals surface area contributed by atoms with Crippen molar-refractivity contribution in [1.29, 1.82) is 0 Å². The number of benzene rings is 1. The predicted molar refractivity (Wildman–Crippen MR) is 109 cm³/mol. The van der Waals surface area contributed by atoms with Crippen LogP contribution in [-0.2, 0) is 22.7 Å². The van der Waals surface area contributed by atoms with E-state index in [9.17, 15) is 9.18 Å². The second kappa shape index (κ2) is 9.00. The number of ether oxygens (including phenoxy) is 2. The first-order valence-corrected chi connectivity index (χ1v) is 9.75. The Labute approximate surface area is 177 Å². The van der Waals surface area contributed by atoms with Crippen LogP contribution in [0.4, 0.5) is 4.39 Å². The molecule has 1 aromatic carbocycles. The second-order valence-corrected chi connectivity index (χ2v) is 7.00. The van der Waals surface area contributed by atoms with E-state index in [-0.39, 0.29) is 35.4 Å². The standard InChI is InChI=1S/C21H21FN6O3/c1-13(29)16(20(23)14-3-5-15(22)6-4-14)11-31-19-8-7-17(24-26-19)21-27-25-18-12-30-10-2-9-28(18)21/h3-8H,2,9-12,23H2,1H3/b20-16-. The van der Waals surface area contributed by atoms with Crippen molar-refractivity contribution in [3.63, 3.8) is 0 Å². The average Bonchev–Trinajstić information content (AvgIpc) is 3.02. The average molecular weight is 424 g/mol. The van der Waals surface area contributed by atoms with Crippen molar-refractivity contribution in [2.45, 2.75) is 26.5 Å². The first kappa shape index (κ1) is 20.6. The monoisotopic (exact) mass is 424 g/mol. The molecule has 0 spiro atoms. The predicted octanol–water partition coefficient (Wildman–Crippen LogP) is 2.13. The molecule has 0 bridgehead atoms. The Kier molecular flexibility index (Phi) is 5.99. The number of Topliss-reactive ketones (excluding diaryl/α,β-unsaturated/α-hetero) is 1. The molecule has 0 fully saturated rings. The normalized spacial score (nSPS) is 14.4. The fourth-order valence-electron chi connectivity index (χ4n) is 3.19. The molecule has 1 aliphatic heterocycles. The van der Waals surface area contributed by atoms with Crippen molar-refractivity contribution in [2.24, 2.45) is 5.73 Å². The van der Waals surface area contributed by atoms with Crippen molar-refractivity contribution in [2.75, 3.05) is 13.2 Å². The van der Waals surface area contributed by atoms with Crippen LogP contribution in [-0.4, -0.2) is 44.0 Å². The Morgan fingerprint density at radius 1 is 1.16 bits per heavy atom. The number of rotatable bonds is 6. The third kappa shape index (κ3) is 4.58. The molecule has 2 aromatic heterocycles. The van der Waals surface area contributed by atoms with Gasteiger partial charge >= 0.3 is 0 Å². The van der Waals surface area contributed by atoms with Gasteiger partial charge < -0.3 is 19.8 Å². The first-order chi connectivity index (χ1) is 15.0. The van der Waals surface area contributed by atoms with Crippen LogP contribution in [0.15, 0.2) is 42.0 Å². The topological polar surface area (TPSA) is 118 Å². The van der Waals surface area contributed by atoms with Gasteiger partial charge in [-0.2, -0.15) is 0 Å². The molecule has 3 aromatic rings. The van der Waals surface area contributed by atoms with Crippen molar-refractivity contribution in [3.05, 3.63) is 59.2 Å². The number of nitrogens with zero attached hydrogens (tertiary/aromatic N) is 5. The van der Waals surface area contributed by atoms with Crippen LogP contribution in [0.2, 0.25) is 0 Å². The highest BCUT2D eigenvalue weighted by Gasteiger charge is 2.18. The maximum Gasteiger partial charge on any atom is 0.233 e. The minimum Gasteiger partial charge on any atom is -0.472 e. The summed E-state index contributed by atoms with van der Waals surface area (Å²) in [5.41, 5.74) is 7.70. The number of aromatic nitrogens is 5. The second-order valence-electron chi connectivity index (χ2n) is 7.00. The number of fused-ring (bicyclic) bond motifs is 1. The van der Waals surface area contributed by atoms with Gasteiger partial charge in [0, 0.05) is 24.9 Å². The van der Waals surface area contributed by atoms with E-state index < -0.39 is 0 Å². The number of ketones is 1. The number of hydrogen-bond donors (Lipinski definition) is 1. The maximum atomic E-state index is 13.1. The summed E-state index contributed by atoms with van der Waals surface area (Å²) in [5.74, 6) is 0.962. The summed E-state index contributed by atoms with van der Waals surface area (Å²) in [6, 6.07) is 8.95. The molecule has 0 aliphatic carbocycles. The summed E-state index contributed by atoms with van der Waals surface area (Å²) in [4.78, 5) is 12.1. The molecule has 0 saturated heterocycles. The Bertz CT molecular complexity index is 1110. The van der Waals surface area contributed by atoms with Gasteiger partial charge in [0.05, 0.1) is 5.57 Å². The van der Waals surface area contributed by atoms with E-state index in [1.54, 1.807) is 12.1 Å². The quantitative estimate of drug-likeness (QED) is 0.598. The Hall–Kier alpha value is -3.66. The molecule has 0 unspecified atom stereocenters. The minimum atomic E-state index is -0.385. The zero-order chi connectivity index (χ0) is 21.8. The van der Waals surface area contributed by atoms with Gasteiger partial charge in [-0.05, 0) is 49.2 Å². The number of carbonyl (C=O) groups excluding carboxylic acids is 1. The van der Waals surface area contributed by atoms with Crippen molar-refractivity contribution in [1.82, 2.24) is 25.0 Å². The highest BCUT2D eigenvalue weighted by molar-refractivity contribution is 6.00. The zero-order valence-electron chi connectivity index (χ0n) is 16.9. The molecule has 9 nitrogen and oxygen atoms in total. The van der Waals surface area contributed by atoms with Gasteiger partial charge in [0.2, 0.25) is 5.88 Å². The lowest BCUT2D eigenvalue weighted by Gasteiger charge is -2.11. The number of hydrogen-bond acceptors (Lipinski definition) is 8. The molecule has 31 heavy (non-hydrogen) atoms. The Balaban J connectivity index is 1.50. The highest BCUT2D eigenvalue weighted by Crippen LogP contribution is 2.21. The van der Waals surface area contributed by atoms with Gasteiger partial charge in [-0.15, -0.1) is 20.4 Å². The fourth-order valence-corrected chi connectivity index (χ4v) is 3.19. The van der Waals surface area contributed by atoms with Crippen LogP contribution in [0.1, 0.15) is 24.7 Å². The number of carbonyl (C=O) groups is 1. The molecule has 3 heterocycles. The Morgan fingerprint density at radius 3 is 2.68 bits per heavy atom. The Morgan fingerprint density at radius 2 is 1.97 bits per heavy atom. The molecule has 2 N–H and O–H groups in total. The maximum absolute atomic E-state index is 13.1.